The van der Waals surface area contributed by atoms with Crippen molar-refractivity contribution in [3.63, 3.8) is 0 Å². The molecule has 7 heteroatoms. The van der Waals surface area contributed by atoms with Crippen molar-refractivity contribution in [1.82, 2.24) is 14.8 Å². The quantitative estimate of drug-likeness (QED) is 0.816. The third kappa shape index (κ3) is 3.88. The zero-order valence-electron chi connectivity index (χ0n) is 16.2. The van der Waals surface area contributed by atoms with E-state index in [-0.39, 0.29) is 11.8 Å². The van der Waals surface area contributed by atoms with Crippen molar-refractivity contribution in [2.24, 2.45) is 5.92 Å². The van der Waals surface area contributed by atoms with Crippen LogP contribution in [0.5, 0.6) is 0 Å². The lowest BCUT2D eigenvalue weighted by Gasteiger charge is -2.35. The van der Waals surface area contributed by atoms with E-state index in [9.17, 15) is 9.59 Å². The normalized spacial score (nSPS) is 18.4. The Morgan fingerprint density at radius 2 is 1.68 bits per heavy atom. The molecule has 2 aromatic heterocycles. The zero-order valence-corrected chi connectivity index (χ0v) is 16.2. The van der Waals surface area contributed by atoms with Gasteiger partial charge in [-0.25, -0.2) is 4.98 Å². The van der Waals surface area contributed by atoms with Crippen LogP contribution in [0, 0.1) is 5.92 Å². The number of carbonyl (C=O) groups excluding carboxylic acids is 2. The summed E-state index contributed by atoms with van der Waals surface area (Å²) in [4.78, 5) is 35.4. The van der Waals surface area contributed by atoms with Gasteiger partial charge in [0.2, 0.25) is 0 Å². The van der Waals surface area contributed by atoms with E-state index in [4.69, 9.17) is 4.42 Å². The molecule has 4 rings (SSSR count). The number of anilines is 1. The first kappa shape index (κ1) is 18.5. The summed E-state index contributed by atoms with van der Waals surface area (Å²) in [7, 11) is 0. The summed E-state index contributed by atoms with van der Waals surface area (Å²) < 4.78 is 5.20. The van der Waals surface area contributed by atoms with Crippen LogP contribution < -0.4 is 4.90 Å². The molecule has 2 fully saturated rings. The zero-order chi connectivity index (χ0) is 19.5. The van der Waals surface area contributed by atoms with Gasteiger partial charge in [0.25, 0.3) is 11.8 Å². The van der Waals surface area contributed by atoms with E-state index in [2.05, 4.69) is 16.8 Å². The molecule has 0 aromatic carbocycles. The smallest absolute Gasteiger partial charge is 0.289 e. The highest BCUT2D eigenvalue weighted by molar-refractivity contribution is 5.94. The summed E-state index contributed by atoms with van der Waals surface area (Å²) >= 11 is 0. The Labute approximate surface area is 164 Å². The lowest BCUT2D eigenvalue weighted by Crippen LogP contribution is -2.49. The van der Waals surface area contributed by atoms with Crippen molar-refractivity contribution in [2.75, 3.05) is 44.2 Å². The molecule has 0 saturated carbocycles. The van der Waals surface area contributed by atoms with Gasteiger partial charge in [0.05, 0.1) is 11.8 Å². The van der Waals surface area contributed by atoms with Crippen molar-refractivity contribution in [1.29, 1.82) is 0 Å². The molecule has 2 amide bonds. The Hall–Kier alpha value is -2.83. The Bertz CT molecular complexity index is 803. The Morgan fingerprint density at radius 1 is 0.964 bits per heavy atom. The third-order valence-corrected chi connectivity index (χ3v) is 5.69. The van der Waals surface area contributed by atoms with Crippen LogP contribution in [0.25, 0.3) is 0 Å². The number of likely N-dealkylation sites (tertiary alicyclic amines) is 1. The minimum Gasteiger partial charge on any atom is -0.459 e. The van der Waals surface area contributed by atoms with Crippen LogP contribution in [-0.4, -0.2) is 65.9 Å². The fraction of sp³-hybridized carbons (Fsp3) is 0.476. The number of aromatic nitrogens is 1. The first-order valence-corrected chi connectivity index (χ1v) is 9.95. The van der Waals surface area contributed by atoms with Crippen LogP contribution in [0.2, 0.25) is 0 Å². The van der Waals surface area contributed by atoms with Gasteiger partial charge in [-0.3, -0.25) is 9.59 Å². The Balaban J connectivity index is 1.33. The van der Waals surface area contributed by atoms with Gasteiger partial charge in [0, 0.05) is 45.5 Å². The highest BCUT2D eigenvalue weighted by atomic mass is 16.3. The fourth-order valence-corrected chi connectivity index (χ4v) is 3.79. The summed E-state index contributed by atoms with van der Waals surface area (Å²) in [5, 5.41) is 0. The van der Waals surface area contributed by atoms with Crippen molar-refractivity contribution in [3.05, 3.63) is 48.0 Å². The predicted molar refractivity (Wildman–Crippen MR) is 105 cm³/mol. The van der Waals surface area contributed by atoms with E-state index in [0.29, 0.717) is 43.4 Å². The minimum atomic E-state index is -0.0746. The number of hydrogen-bond donors (Lipinski definition) is 0. The molecule has 0 bridgehead atoms. The molecule has 2 saturated heterocycles. The number of rotatable bonds is 3. The third-order valence-electron chi connectivity index (χ3n) is 5.69. The molecule has 0 atom stereocenters. The van der Waals surface area contributed by atoms with E-state index >= 15 is 0 Å². The van der Waals surface area contributed by atoms with E-state index in [1.54, 1.807) is 23.2 Å². The number of furan rings is 1. The van der Waals surface area contributed by atoms with E-state index < -0.39 is 0 Å². The largest absolute Gasteiger partial charge is 0.459 e. The van der Waals surface area contributed by atoms with E-state index in [1.165, 1.54) is 6.26 Å². The maximum absolute atomic E-state index is 12.6. The highest BCUT2D eigenvalue weighted by Crippen LogP contribution is 2.20. The second-order valence-corrected chi connectivity index (χ2v) is 7.64. The Kier molecular flexibility index (Phi) is 5.32. The van der Waals surface area contributed by atoms with Crippen LogP contribution >= 0.6 is 0 Å². The predicted octanol–water partition coefficient (Wildman–Crippen LogP) is 2.51. The van der Waals surface area contributed by atoms with Crippen molar-refractivity contribution < 1.29 is 14.0 Å². The Morgan fingerprint density at radius 3 is 2.29 bits per heavy atom. The molecule has 2 aliphatic heterocycles. The first-order chi connectivity index (χ1) is 13.6. The number of pyridine rings is 1. The van der Waals surface area contributed by atoms with Crippen molar-refractivity contribution >= 4 is 17.6 Å². The summed E-state index contributed by atoms with van der Waals surface area (Å²) in [6.45, 7) is 6.54. The van der Waals surface area contributed by atoms with Gasteiger partial charge in [-0.2, -0.15) is 0 Å². The number of carbonyl (C=O) groups is 2. The molecule has 7 nitrogen and oxygen atoms in total. The molecule has 2 aromatic rings. The first-order valence-electron chi connectivity index (χ1n) is 9.95. The number of nitrogens with zero attached hydrogens (tertiary/aromatic N) is 4. The van der Waals surface area contributed by atoms with Crippen LogP contribution in [0.3, 0.4) is 0 Å². The molecule has 0 aliphatic carbocycles. The molecular formula is C21H26N4O3. The molecule has 4 heterocycles. The molecule has 28 heavy (non-hydrogen) atoms. The van der Waals surface area contributed by atoms with E-state index in [1.807, 2.05) is 17.0 Å². The molecule has 2 aliphatic rings. The summed E-state index contributed by atoms with van der Waals surface area (Å²) in [5.74, 6) is 1.91. The maximum atomic E-state index is 12.6. The molecular weight excluding hydrogens is 356 g/mol. The van der Waals surface area contributed by atoms with Crippen LogP contribution in [0.4, 0.5) is 5.82 Å². The molecule has 148 valence electrons. The SMILES string of the molecule is CC1CCN(C(=O)c2ccc(N3CCN(C(=O)c4ccco4)CC3)nc2)CC1. The molecule has 0 radical (unpaired) electrons. The van der Waals surface area contributed by atoms with Crippen molar-refractivity contribution in [3.8, 4) is 0 Å². The van der Waals surface area contributed by atoms with Gasteiger partial charge in [-0.1, -0.05) is 6.92 Å². The number of piperidine rings is 1. The van der Waals surface area contributed by atoms with Crippen LogP contribution in [0.15, 0.2) is 41.1 Å². The average Bonchev–Trinajstić information content (AvgIpc) is 3.28. The van der Waals surface area contributed by atoms with Gasteiger partial charge >= 0.3 is 0 Å². The standard InChI is InChI=1S/C21H26N4O3/c1-16-6-8-24(9-7-16)20(26)17-4-5-19(22-15-17)23-10-12-25(13-11-23)21(27)18-3-2-14-28-18/h2-5,14-16H,6-13H2,1H3. The maximum Gasteiger partial charge on any atom is 0.289 e. The monoisotopic (exact) mass is 382 g/mol. The van der Waals surface area contributed by atoms with Gasteiger partial charge in [0.15, 0.2) is 5.76 Å². The second kappa shape index (κ2) is 8.04. The van der Waals surface area contributed by atoms with Gasteiger partial charge in [0.1, 0.15) is 5.82 Å². The number of hydrogen-bond acceptors (Lipinski definition) is 5. The fourth-order valence-electron chi connectivity index (χ4n) is 3.79. The topological polar surface area (TPSA) is 69.9 Å². The van der Waals surface area contributed by atoms with Gasteiger partial charge in [-0.05, 0) is 43.0 Å². The summed E-state index contributed by atoms with van der Waals surface area (Å²) in [6.07, 6.45) is 5.33. The highest BCUT2D eigenvalue weighted by Gasteiger charge is 2.25. The van der Waals surface area contributed by atoms with Gasteiger partial charge in [-0.15, -0.1) is 0 Å². The number of piperazine rings is 1. The minimum absolute atomic E-state index is 0.0693. The summed E-state index contributed by atoms with van der Waals surface area (Å²) in [5.41, 5.74) is 0.643. The number of amides is 2. The molecule has 0 N–H and O–H groups in total. The van der Waals surface area contributed by atoms with Crippen molar-refractivity contribution in [2.45, 2.75) is 19.8 Å². The second-order valence-electron chi connectivity index (χ2n) is 7.64. The summed E-state index contributed by atoms with van der Waals surface area (Å²) in [6, 6.07) is 7.18. The lowest BCUT2D eigenvalue weighted by atomic mass is 9.99. The van der Waals surface area contributed by atoms with Gasteiger partial charge < -0.3 is 19.1 Å². The molecule has 0 spiro atoms. The molecule has 0 unspecified atom stereocenters. The van der Waals surface area contributed by atoms with E-state index in [0.717, 1.165) is 31.7 Å². The average molecular weight is 382 g/mol. The van der Waals surface area contributed by atoms with Crippen LogP contribution in [-0.2, 0) is 0 Å². The lowest BCUT2D eigenvalue weighted by molar-refractivity contribution is 0.0693. The van der Waals surface area contributed by atoms with Crippen LogP contribution in [0.1, 0.15) is 40.7 Å².